The van der Waals surface area contributed by atoms with Crippen LogP contribution in [-0.2, 0) is 0 Å². The first-order valence-electron chi connectivity index (χ1n) is 6.62. The van der Waals surface area contributed by atoms with Gasteiger partial charge in [0.2, 0.25) is 0 Å². The highest BCUT2D eigenvalue weighted by molar-refractivity contribution is 7.80. The van der Waals surface area contributed by atoms with Crippen molar-refractivity contribution in [2.45, 2.75) is 26.7 Å². The van der Waals surface area contributed by atoms with Gasteiger partial charge < -0.3 is 11.1 Å². The normalized spacial score (nSPS) is 10.6. The molecule has 1 heterocycles. The number of pyridine rings is 1. The van der Waals surface area contributed by atoms with E-state index in [0.717, 1.165) is 16.9 Å². The Labute approximate surface area is 125 Å². The molecule has 104 valence electrons. The third-order valence-corrected chi connectivity index (χ3v) is 3.34. The van der Waals surface area contributed by atoms with Crippen LogP contribution in [0.1, 0.15) is 36.6 Å². The second-order valence-electron chi connectivity index (χ2n) is 5.12. The predicted octanol–water partition coefficient (Wildman–Crippen LogP) is 3.89. The Hall–Kier alpha value is -1.94. The number of aromatic nitrogens is 1. The summed E-state index contributed by atoms with van der Waals surface area (Å²) < 4.78 is 0. The summed E-state index contributed by atoms with van der Waals surface area (Å²) in [4.78, 5) is 4.83. The van der Waals surface area contributed by atoms with E-state index in [1.807, 2.05) is 31.2 Å². The van der Waals surface area contributed by atoms with Crippen molar-refractivity contribution >= 4 is 28.7 Å². The van der Waals surface area contributed by atoms with Crippen LogP contribution in [0.3, 0.4) is 0 Å². The highest BCUT2D eigenvalue weighted by Gasteiger charge is 2.08. The van der Waals surface area contributed by atoms with Gasteiger partial charge in [-0.2, -0.15) is 0 Å². The van der Waals surface area contributed by atoms with Crippen molar-refractivity contribution in [3.63, 3.8) is 0 Å². The van der Waals surface area contributed by atoms with E-state index in [4.69, 9.17) is 18.0 Å². The Morgan fingerprint density at radius 2 is 2.00 bits per heavy atom. The van der Waals surface area contributed by atoms with E-state index < -0.39 is 0 Å². The van der Waals surface area contributed by atoms with Gasteiger partial charge >= 0.3 is 0 Å². The number of nitrogens with zero attached hydrogens (tertiary/aromatic N) is 1. The zero-order chi connectivity index (χ0) is 14.7. The minimum absolute atomic E-state index is 0.347. The monoisotopic (exact) mass is 285 g/mol. The molecule has 0 aliphatic carbocycles. The molecule has 0 bridgehead atoms. The van der Waals surface area contributed by atoms with Gasteiger partial charge in [0.15, 0.2) is 0 Å². The van der Waals surface area contributed by atoms with Crippen molar-refractivity contribution in [3.8, 4) is 0 Å². The molecule has 0 fully saturated rings. The van der Waals surface area contributed by atoms with Crippen LogP contribution in [-0.4, -0.2) is 9.97 Å². The van der Waals surface area contributed by atoms with Gasteiger partial charge in [-0.25, -0.2) is 4.98 Å². The highest BCUT2D eigenvalue weighted by atomic mass is 32.1. The summed E-state index contributed by atoms with van der Waals surface area (Å²) in [7, 11) is 0. The molecule has 0 unspecified atom stereocenters. The Morgan fingerprint density at radius 3 is 2.65 bits per heavy atom. The van der Waals surface area contributed by atoms with Crippen LogP contribution >= 0.6 is 12.2 Å². The zero-order valence-corrected chi connectivity index (χ0v) is 12.8. The van der Waals surface area contributed by atoms with Crippen LogP contribution in [0.15, 0.2) is 36.4 Å². The van der Waals surface area contributed by atoms with Gasteiger partial charge in [-0.15, -0.1) is 0 Å². The Kier molecular flexibility index (Phi) is 4.35. The SMILES string of the molecule is Cc1ccc(C(N)=S)c(Nc2cccc(C(C)C)c2)n1. The maximum Gasteiger partial charge on any atom is 0.140 e. The molecule has 0 radical (unpaired) electrons. The van der Waals surface area contributed by atoms with Crippen molar-refractivity contribution in [1.82, 2.24) is 4.98 Å². The lowest BCUT2D eigenvalue weighted by Gasteiger charge is -2.13. The average molecular weight is 285 g/mol. The summed E-state index contributed by atoms with van der Waals surface area (Å²) in [6, 6.07) is 12.1. The van der Waals surface area contributed by atoms with Gasteiger partial charge in [0.25, 0.3) is 0 Å². The van der Waals surface area contributed by atoms with E-state index in [2.05, 4.69) is 36.3 Å². The van der Waals surface area contributed by atoms with Crippen molar-refractivity contribution in [2.24, 2.45) is 5.73 Å². The molecule has 0 aliphatic rings. The molecular formula is C16H19N3S. The summed E-state index contributed by atoms with van der Waals surface area (Å²) >= 11 is 5.07. The molecule has 2 aromatic rings. The summed E-state index contributed by atoms with van der Waals surface area (Å²) in [6.45, 7) is 6.29. The molecule has 0 aliphatic heterocycles. The first-order valence-corrected chi connectivity index (χ1v) is 7.02. The minimum atomic E-state index is 0.347. The topological polar surface area (TPSA) is 50.9 Å². The van der Waals surface area contributed by atoms with Crippen LogP contribution in [0.25, 0.3) is 0 Å². The number of hydrogen-bond donors (Lipinski definition) is 2. The molecule has 1 aromatic heterocycles. The zero-order valence-electron chi connectivity index (χ0n) is 12.0. The number of benzene rings is 1. The molecular weight excluding hydrogens is 266 g/mol. The van der Waals surface area contributed by atoms with Gasteiger partial charge in [-0.05, 0) is 42.7 Å². The van der Waals surface area contributed by atoms with Crippen LogP contribution < -0.4 is 11.1 Å². The average Bonchev–Trinajstić information content (AvgIpc) is 2.38. The number of nitrogens with two attached hydrogens (primary N) is 1. The lowest BCUT2D eigenvalue weighted by molar-refractivity contribution is 0.867. The summed E-state index contributed by atoms with van der Waals surface area (Å²) in [5.74, 6) is 1.19. The standard InChI is InChI=1S/C16H19N3S/c1-10(2)12-5-4-6-13(9-12)19-16-14(15(17)20)8-7-11(3)18-16/h4-10H,1-3H3,(H2,17,20)(H,18,19). The maximum atomic E-state index is 5.75. The van der Waals surface area contributed by atoms with Gasteiger partial charge in [-0.1, -0.05) is 38.2 Å². The fourth-order valence-corrected chi connectivity index (χ4v) is 2.13. The maximum absolute atomic E-state index is 5.75. The Balaban J connectivity index is 2.36. The van der Waals surface area contributed by atoms with E-state index in [9.17, 15) is 0 Å². The van der Waals surface area contributed by atoms with Gasteiger partial charge in [0.1, 0.15) is 10.8 Å². The van der Waals surface area contributed by atoms with E-state index in [1.165, 1.54) is 5.56 Å². The van der Waals surface area contributed by atoms with Gasteiger partial charge in [0.05, 0.1) is 5.56 Å². The number of rotatable bonds is 4. The predicted molar refractivity (Wildman–Crippen MR) is 88.7 cm³/mol. The number of thiocarbonyl (C=S) groups is 1. The van der Waals surface area contributed by atoms with Crippen molar-refractivity contribution in [2.75, 3.05) is 5.32 Å². The van der Waals surface area contributed by atoms with Crippen molar-refractivity contribution < 1.29 is 0 Å². The molecule has 0 atom stereocenters. The number of aryl methyl sites for hydroxylation is 1. The van der Waals surface area contributed by atoms with Crippen LogP contribution in [0.2, 0.25) is 0 Å². The Bertz CT molecular complexity index is 635. The summed E-state index contributed by atoms with van der Waals surface area (Å²) in [6.07, 6.45) is 0. The molecule has 20 heavy (non-hydrogen) atoms. The molecule has 3 N–H and O–H groups in total. The molecule has 2 rings (SSSR count). The third kappa shape index (κ3) is 3.33. The van der Waals surface area contributed by atoms with Crippen LogP contribution in [0.4, 0.5) is 11.5 Å². The molecule has 0 amide bonds. The number of nitrogens with one attached hydrogen (secondary N) is 1. The second-order valence-corrected chi connectivity index (χ2v) is 5.56. The first kappa shape index (κ1) is 14.5. The molecule has 3 nitrogen and oxygen atoms in total. The van der Waals surface area contributed by atoms with Crippen LogP contribution in [0, 0.1) is 6.92 Å². The molecule has 0 saturated heterocycles. The quantitative estimate of drug-likeness (QED) is 0.837. The van der Waals surface area contributed by atoms with Gasteiger partial charge in [-0.3, -0.25) is 0 Å². The second kappa shape index (κ2) is 6.01. The lowest BCUT2D eigenvalue weighted by atomic mass is 10.0. The lowest BCUT2D eigenvalue weighted by Crippen LogP contribution is -2.13. The van der Waals surface area contributed by atoms with E-state index in [-0.39, 0.29) is 0 Å². The molecule has 1 aromatic carbocycles. The van der Waals surface area contributed by atoms with E-state index in [1.54, 1.807) is 0 Å². The highest BCUT2D eigenvalue weighted by Crippen LogP contribution is 2.23. The third-order valence-electron chi connectivity index (χ3n) is 3.12. The Morgan fingerprint density at radius 1 is 1.25 bits per heavy atom. The molecule has 0 spiro atoms. The molecule has 4 heteroatoms. The van der Waals surface area contributed by atoms with Gasteiger partial charge in [0, 0.05) is 11.4 Å². The van der Waals surface area contributed by atoms with Crippen molar-refractivity contribution in [3.05, 3.63) is 53.2 Å². The van der Waals surface area contributed by atoms with E-state index in [0.29, 0.717) is 16.7 Å². The number of anilines is 2. The minimum Gasteiger partial charge on any atom is -0.389 e. The summed E-state index contributed by atoms with van der Waals surface area (Å²) in [5.41, 5.74) is 9.71. The van der Waals surface area contributed by atoms with Crippen LogP contribution in [0.5, 0.6) is 0 Å². The van der Waals surface area contributed by atoms with E-state index >= 15 is 0 Å². The van der Waals surface area contributed by atoms with Crippen molar-refractivity contribution in [1.29, 1.82) is 0 Å². The number of hydrogen-bond acceptors (Lipinski definition) is 3. The smallest absolute Gasteiger partial charge is 0.140 e. The molecule has 0 saturated carbocycles. The summed E-state index contributed by atoms with van der Waals surface area (Å²) in [5, 5.41) is 3.31. The largest absolute Gasteiger partial charge is 0.389 e. The first-order chi connectivity index (χ1) is 9.47. The fraction of sp³-hybridized carbons (Fsp3) is 0.250. The fourth-order valence-electron chi connectivity index (χ4n) is 1.96.